The van der Waals surface area contributed by atoms with Crippen molar-refractivity contribution in [2.45, 2.75) is 13.5 Å². The van der Waals surface area contributed by atoms with Gasteiger partial charge >= 0.3 is 0 Å². The zero-order chi connectivity index (χ0) is 20.6. The van der Waals surface area contributed by atoms with Crippen LogP contribution >= 0.6 is 24.0 Å². The van der Waals surface area contributed by atoms with E-state index >= 15 is 0 Å². The number of piperazine rings is 1. The van der Waals surface area contributed by atoms with Gasteiger partial charge < -0.3 is 24.9 Å². The first kappa shape index (κ1) is 23.7. The van der Waals surface area contributed by atoms with E-state index < -0.39 is 0 Å². The summed E-state index contributed by atoms with van der Waals surface area (Å²) in [4.78, 5) is 32.7. The number of halogens is 1. The van der Waals surface area contributed by atoms with E-state index in [4.69, 9.17) is 9.41 Å². The van der Waals surface area contributed by atoms with Gasteiger partial charge in [0.2, 0.25) is 0 Å². The quantitative estimate of drug-likeness (QED) is 0.355. The molecule has 1 aliphatic heterocycles. The molecule has 1 aliphatic rings. The Kier molecular flexibility index (Phi) is 9.15. The first-order chi connectivity index (χ1) is 14.1. The van der Waals surface area contributed by atoms with Crippen LogP contribution in [0.5, 0.6) is 0 Å². The summed E-state index contributed by atoms with van der Waals surface area (Å²) in [5.74, 6) is 1.02. The van der Waals surface area contributed by atoms with E-state index in [-0.39, 0.29) is 35.8 Å². The molecule has 9 heteroatoms. The van der Waals surface area contributed by atoms with E-state index in [9.17, 15) is 9.59 Å². The molecule has 162 valence electrons. The van der Waals surface area contributed by atoms with Crippen molar-refractivity contribution in [3.05, 3.63) is 59.5 Å². The van der Waals surface area contributed by atoms with E-state index in [1.807, 2.05) is 19.1 Å². The highest BCUT2D eigenvalue weighted by atomic mass is 127. The van der Waals surface area contributed by atoms with Gasteiger partial charge in [0.15, 0.2) is 11.7 Å². The van der Waals surface area contributed by atoms with Crippen LogP contribution in [0.25, 0.3) is 0 Å². The third kappa shape index (κ3) is 5.97. The topological polar surface area (TPSA) is 90.2 Å². The Hall–Kier alpha value is -2.56. The summed E-state index contributed by atoms with van der Waals surface area (Å²) < 4.78 is 5.21. The smallest absolute Gasteiger partial charge is 0.289 e. The third-order valence-corrected chi connectivity index (χ3v) is 4.79. The second-order valence-electron chi connectivity index (χ2n) is 6.70. The number of furan rings is 1. The largest absolute Gasteiger partial charge is 0.459 e. The normalized spacial score (nSPS) is 14.1. The maximum absolute atomic E-state index is 12.4. The SMILES string of the molecule is CCNC(=NCc1ccc(C(=O)NC)cc1)N1CCN(C(=O)c2ccco2)CC1.I. The second kappa shape index (κ2) is 11.6. The lowest BCUT2D eigenvalue weighted by atomic mass is 10.1. The lowest BCUT2D eigenvalue weighted by molar-refractivity contribution is 0.0657. The average molecular weight is 525 g/mol. The molecule has 8 nitrogen and oxygen atoms in total. The third-order valence-electron chi connectivity index (χ3n) is 4.79. The fourth-order valence-electron chi connectivity index (χ4n) is 3.18. The number of benzene rings is 1. The molecule has 2 aromatic rings. The molecule has 0 saturated carbocycles. The summed E-state index contributed by atoms with van der Waals surface area (Å²) in [5.41, 5.74) is 1.66. The fraction of sp³-hybridized carbons (Fsp3) is 0.381. The van der Waals surface area contributed by atoms with Gasteiger partial charge in [-0.3, -0.25) is 9.59 Å². The van der Waals surface area contributed by atoms with Gasteiger partial charge in [-0.05, 0) is 36.8 Å². The summed E-state index contributed by atoms with van der Waals surface area (Å²) in [6.07, 6.45) is 1.51. The molecule has 1 saturated heterocycles. The number of aliphatic imine (C=N–C) groups is 1. The maximum Gasteiger partial charge on any atom is 0.289 e. The van der Waals surface area contributed by atoms with Gasteiger partial charge in [0.25, 0.3) is 11.8 Å². The summed E-state index contributed by atoms with van der Waals surface area (Å²) >= 11 is 0. The minimum absolute atomic E-state index is 0. The molecule has 0 aliphatic carbocycles. The number of nitrogens with one attached hydrogen (secondary N) is 2. The van der Waals surface area contributed by atoms with Crippen LogP contribution in [-0.4, -0.2) is 67.3 Å². The number of carbonyl (C=O) groups excluding carboxylic acids is 2. The number of hydrogen-bond donors (Lipinski definition) is 2. The Balaban J connectivity index is 0.00000320. The molecule has 2 heterocycles. The molecule has 1 aromatic heterocycles. The number of amides is 2. The molecule has 2 N–H and O–H groups in total. The lowest BCUT2D eigenvalue weighted by Gasteiger charge is -2.36. The zero-order valence-corrected chi connectivity index (χ0v) is 19.6. The number of hydrogen-bond acceptors (Lipinski definition) is 4. The summed E-state index contributed by atoms with van der Waals surface area (Å²) in [6.45, 7) is 5.95. The first-order valence-corrected chi connectivity index (χ1v) is 9.79. The fourth-order valence-corrected chi connectivity index (χ4v) is 3.18. The lowest BCUT2D eigenvalue weighted by Crippen LogP contribution is -2.53. The summed E-state index contributed by atoms with van der Waals surface area (Å²) in [5, 5.41) is 5.94. The molecule has 1 fully saturated rings. The van der Waals surface area contributed by atoms with E-state index in [2.05, 4.69) is 15.5 Å². The van der Waals surface area contributed by atoms with Crippen LogP contribution in [0.3, 0.4) is 0 Å². The first-order valence-electron chi connectivity index (χ1n) is 9.79. The standard InChI is InChI=1S/C21H27N5O3.HI/c1-3-23-21(24-15-16-6-8-17(9-7-16)19(27)22-2)26-12-10-25(11-13-26)20(28)18-5-4-14-29-18;/h4-9,14H,3,10-13,15H2,1-2H3,(H,22,27)(H,23,24);1H. The van der Waals surface area contributed by atoms with Crippen molar-refractivity contribution in [1.29, 1.82) is 0 Å². The number of nitrogens with zero attached hydrogens (tertiary/aromatic N) is 3. The van der Waals surface area contributed by atoms with E-state index in [1.165, 1.54) is 6.26 Å². The Morgan fingerprint density at radius 1 is 1.07 bits per heavy atom. The summed E-state index contributed by atoms with van der Waals surface area (Å²) in [6, 6.07) is 10.8. The minimum atomic E-state index is -0.102. The van der Waals surface area contributed by atoms with Crippen molar-refractivity contribution in [3.8, 4) is 0 Å². The van der Waals surface area contributed by atoms with Gasteiger partial charge in [-0.1, -0.05) is 12.1 Å². The molecule has 0 unspecified atom stereocenters. The Morgan fingerprint density at radius 3 is 2.30 bits per heavy atom. The summed E-state index contributed by atoms with van der Waals surface area (Å²) in [7, 11) is 1.62. The highest BCUT2D eigenvalue weighted by Crippen LogP contribution is 2.11. The second-order valence-corrected chi connectivity index (χ2v) is 6.70. The average Bonchev–Trinajstić information content (AvgIpc) is 3.31. The van der Waals surface area contributed by atoms with Crippen LogP contribution in [0.2, 0.25) is 0 Å². The van der Waals surface area contributed by atoms with Crippen molar-refractivity contribution < 1.29 is 14.0 Å². The van der Waals surface area contributed by atoms with Crippen molar-refractivity contribution >= 4 is 41.8 Å². The van der Waals surface area contributed by atoms with Gasteiger partial charge in [0, 0.05) is 45.3 Å². The van der Waals surface area contributed by atoms with Crippen LogP contribution in [0.4, 0.5) is 0 Å². The maximum atomic E-state index is 12.4. The van der Waals surface area contributed by atoms with Crippen LogP contribution < -0.4 is 10.6 Å². The molecule has 1 aromatic carbocycles. The van der Waals surface area contributed by atoms with Crippen LogP contribution in [-0.2, 0) is 6.54 Å². The van der Waals surface area contributed by atoms with Crippen molar-refractivity contribution in [2.75, 3.05) is 39.8 Å². The molecule has 2 amide bonds. The van der Waals surface area contributed by atoms with E-state index in [1.54, 1.807) is 36.2 Å². The van der Waals surface area contributed by atoms with Gasteiger partial charge in [-0.25, -0.2) is 4.99 Å². The predicted octanol–water partition coefficient (Wildman–Crippen LogP) is 2.18. The highest BCUT2D eigenvalue weighted by molar-refractivity contribution is 14.0. The van der Waals surface area contributed by atoms with Crippen LogP contribution in [0.1, 0.15) is 33.4 Å². The molecule has 0 spiro atoms. The molecule has 30 heavy (non-hydrogen) atoms. The predicted molar refractivity (Wildman–Crippen MR) is 126 cm³/mol. The van der Waals surface area contributed by atoms with Crippen molar-refractivity contribution in [3.63, 3.8) is 0 Å². The molecule has 0 radical (unpaired) electrons. The number of carbonyl (C=O) groups is 2. The molecule has 0 bridgehead atoms. The van der Waals surface area contributed by atoms with Crippen molar-refractivity contribution in [1.82, 2.24) is 20.4 Å². The van der Waals surface area contributed by atoms with Gasteiger partial charge in [0.05, 0.1) is 12.8 Å². The number of guanidine groups is 1. The number of rotatable bonds is 5. The van der Waals surface area contributed by atoms with Gasteiger partial charge in [-0.15, -0.1) is 24.0 Å². The Bertz CT molecular complexity index is 844. The monoisotopic (exact) mass is 525 g/mol. The van der Waals surface area contributed by atoms with Crippen LogP contribution in [0, 0.1) is 0 Å². The Labute approximate surface area is 193 Å². The zero-order valence-electron chi connectivity index (χ0n) is 17.3. The molecule has 3 rings (SSSR count). The highest BCUT2D eigenvalue weighted by Gasteiger charge is 2.25. The van der Waals surface area contributed by atoms with Gasteiger partial charge in [-0.2, -0.15) is 0 Å². The van der Waals surface area contributed by atoms with E-state index in [0.717, 1.165) is 18.1 Å². The van der Waals surface area contributed by atoms with Crippen molar-refractivity contribution in [2.24, 2.45) is 4.99 Å². The molecular formula is C21H28IN5O3. The Morgan fingerprint density at radius 2 is 1.73 bits per heavy atom. The molecule has 0 atom stereocenters. The van der Waals surface area contributed by atoms with Gasteiger partial charge in [0.1, 0.15) is 0 Å². The van der Waals surface area contributed by atoms with Crippen LogP contribution in [0.15, 0.2) is 52.1 Å². The molecular weight excluding hydrogens is 497 g/mol. The minimum Gasteiger partial charge on any atom is -0.459 e. The van der Waals surface area contributed by atoms with E-state index in [0.29, 0.717) is 44.0 Å².